The SMILES string of the molecule is O=C1C(=O)[C@@H](O)[C@H](O)CC1O. The number of hydrogen-bond acceptors (Lipinski definition) is 5. The third kappa shape index (κ3) is 1.30. The Morgan fingerprint density at radius 2 is 1.64 bits per heavy atom. The van der Waals surface area contributed by atoms with Crippen LogP contribution in [0.1, 0.15) is 6.42 Å². The highest BCUT2D eigenvalue weighted by Crippen LogP contribution is 2.13. The molecule has 0 saturated heterocycles. The van der Waals surface area contributed by atoms with Crippen molar-refractivity contribution in [1.82, 2.24) is 0 Å². The Balaban J connectivity index is 2.79. The number of ketones is 2. The van der Waals surface area contributed by atoms with Crippen LogP contribution in [0.25, 0.3) is 0 Å². The van der Waals surface area contributed by atoms with E-state index >= 15 is 0 Å². The van der Waals surface area contributed by atoms with Crippen LogP contribution in [0.3, 0.4) is 0 Å². The Bertz CT molecular complexity index is 199. The largest absolute Gasteiger partial charge is 0.390 e. The summed E-state index contributed by atoms with van der Waals surface area (Å²) in [5.74, 6) is -2.14. The highest BCUT2D eigenvalue weighted by Gasteiger charge is 2.40. The second kappa shape index (κ2) is 2.69. The first kappa shape index (κ1) is 8.32. The summed E-state index contributed by atoms with van der Waals surface area (Å²) < 4.78 is 0. The molecular weight excluding hydrogens is 152 g/mol. The van der Waals surface area contributed by atoms with Gasteiger partial charge >= 0.3 is 0 Å². The number of carbonyl (C=O) groups is 2. The van der Waals surface area contributed by atoms with E-state index in [1.165, 1.54) is 0 Å². The van der Waals surface area contributed by atoms with Crippen LogP contribution in [0, 0.1) is 0 Å². The van der Waals surface area contributed by atoms with E-state index in [9.17, 15) is 9.59 Å². The quantitative estimate of drug-likeness (QED) is 0.344. The molecule has 1 aliphatic carbocycles. The van der Waals surface area contributed by atoms with E-state index < -0.39 is 29.9 Å². The van der Waals surface area contributed by atoms with Gasteiger partial charge in [-0.15, -0.1) is 0 Å². The van der Waals surface area contributed by atoms with Crippen LogP contribution in [0.4, 0.5) is 0 Å². The maximum Gasteiger partial charge on any atom is 0.232 e. The maximum absolute atomic E-state index is 10.6. The lowest BCUT2D eigenvalue weighted by Crippen LogP contribution is -2.50. The van der Waals surface area contributed by atoms with Gasteiger partial charge in [-0.3, -0.25) is 9.59 Å². The van der Waals surface area contributed by atoms with Crippen molar-refractivity contribution in [3.63, 3.8) is 0 Å². The molecule has 1 aliphatic rings. The number of aliphatic hydroxyl groups excluding tert-OH is 3. The van der Waals surface area contributed by atoms with Crippen molar-refractivity contribution in [3.05, 3.63) is 0 Å². The van der Waals surface area contributed by atoms with E-state index in [2.05, 4.69) is 0 Å². The van der Waals surface area contributed by atoms with E-state index in [0.717, 1.165) is 0 Å². The Morgan fingerprint density at radius 3 is 2.18 bits per heavy atom. The van der Waals surface area contributed by atoms with E-state index in [4.69, 9.17) is 15.3 Å². The molecule has 3 N–H and O–H groups in total. The second-order valence-electron chi connectivity index (χ2n) is 2.49. The number of rotatable bonds is 0. The molecule has 0 aromatic carbocycles. The normalized spacial score (nSPS) is 39.4. The van der Waals surface area contributed by atoms with Gasteiger partial charge in [-0.25, -0.2) is 0 Å². The van der Waals surface area contributed by atoms with Gasteiger partial charge in [-0.1, -0.05) is 0 Å². The smallest absolute Gasteiger partial charge is 0.232 e. The molecule has 5 nitrogen and oxygen atoms in total. The van der Waals surface area contributed by atoms with Crippen molar-refractivity contribution in [2.24, 2.45) is 0 Å². The molecule has 0 aromatic rings. The van der Waals surface area contributed by atoms with Gasteiger partial charge in [-0.05, 0) is 0 Å². The number of Topliss-reactive ketones (excluding diaryl/α,β-unsaturated/α-hetero) is 2. The molecule has 0 spiro atoms. The standard InChI is InChI=1S/C6H8O5/c7-2-1-3(8)5(10)6(11)4(2)9/h2-4,7-9H,1H2/t2-,3?,4+/m1/s1. The van der Waals surface area contributed by atoms with Gasteiger partial charge in [-0.2, -0.15) is 0 Å². The van der Waals surface area contributed by atoms with Gasteiger partial charge in [0.15, 0.2) is 0 Å². The summed E-state index contributed by atoms with van der Waals surface area (Å²) in [5, 5.41) is 26.5. The zero-order valence-electron chi connectivity index (χ0n) is 5.60. The highest BCUT2D eigenvalue weighted by molar-refractivity contribution is 6.41. The number of carbonyl (C=O) groups excluding carboxylic acids is 2. The van der Waals surface area contributed by atoms with Crippen LogP contribution in [0.2, 0.25) is 0 Å². The van der Waals surface area contributed by atoms with Crippen LogP contribution in [0.5, 0.6) is 0 Å². The first-order valence-electron chi connectivity index (χ1n) is 3.16. The van der Waals surface area contributed by atoms with Crippen LogP contribution in [0.15, 0.2) is 0 Å². The third-order valence-electron chi connectivity index (χ3n) is 1.64. The first-order chi connectivity index (χ1) is 5.04. The van der Waals surface area contributed by atoms with Gasteiger partial charge in [0.2, 0.25) is 11.6 Å². The summed E-state index contributed by atoms with van der Waals surface area (Å²) >= 11 is 0. The molecule has 11 heavy (non-hydrogen) atoms. The van der Waals surface area contributed by atoms with Gasteiger partial charge in [0.1, 0.15) is 12.2 Å². The van der Waals surface area contributed by atoms with Crippen molar-refractivity contribution < 1.29 is 24.9 Å². The molecule has 3 atom stereocenters. The monoisotopic (exact) mass is 160 g/mol. The van der Waals surface area contributed by atoms with Crippen molar-refractivity contribution in [2.75, 3.05) is 0 Å². The molecule has 1 rings (SSSR count). The molecule has 1 unspecified atom stereocenters. The molecule has 0 bridgehead atoms. The van der Waals surface area contributed by atoms with E-state index in [-0.39, 0.29) is 6.42 Å². The van der Waals surface area contributed by atoms with Crippen LogP contribution >= 0.6 is 0 Å². The fourth-order valence-corrected chi connectivity index (χ4v) is 0.949. The van der Waals surface area contributed by atoms with Gasteiger partial charge < -0.3 is 15.3 Å². The molecule has 0 aliphatic heterocycles. The Kier molecular flexibility index (Phi) is 2.03. The van der Waals surface area contributed by atoms with Crippen LogP contribution in [-0.2, 0) is 9.59 Å². The molecule has 1 fully saturated rings. The van der Waals surface area contributed by atoms with Crippen LogP contribution < -0.4 is 0 Å². The Labute approximate surface area is 62.3 Å². The van der Waals surface area contributed by atoms with Gasteiger partial charge in [0.05, 0.1) is 6.10 Å². The molecule has 0 aromatic heterocycles. The minimum absolute atomic E-state index is 0.272. The summed E-state index contributed by atoms with van der Waals surface area (Å²) in [6, 6.07) is 0. The molecule has 0 amide bonds. The minimum Gasteiger partial charge on any atom is -0.390 e. The number of hydrogen-bond donors (Lipinski definition) is 3. The summed E-state index contributed by atoms with van der Waals surface area (Å²) in [5.41, 5.74) is 0. The molecule has 0 radical (unpaired) electrons. The van der Waals surface area contributed by atoms with E-state index in [1.807, 2.05) is 0 Å². The molecule has 0 heterocycles. The third-order valence-corrected chi connectivity index (χ3v) is 1.64. The summed E-state index contributed by atoms with van der Waals surface area (Å²) in [7, 11) is 0. The fourth-order valence-electron chi connectivity index (χ4n) is 0.949. The summed E-state index contributed by atoms with van der Waals surface area (Å²) in [6.07, 6.45) is -4.71. The predicted molar refractivity (Wildman–Crippen MR) is 32.7 cm³/mol. The number of aliphatic hydroxyl groups is 3. The zero-order valence-corrected chi connectivity index (χ0v) is 5.60. The summed E-state index contributed by atoms with van der Waals surface area (Å²) in [6.45, 7) is 0. The van der Waals surface area contributed by atoms with Gasteiger partial charge in [0, 0.05) is 6.42 Å². The van der Waals surface area contributed by atoms with Crippen molar-refractivity contribution >= 4 is 11.6 Å². The first-order valence-corrected chi connectivity index (χ1v) is 3.16. The minimum atomic E-state index is -1.66. The Hall–Kier alpha value is -0.780. The van der Waals surface area contributed by atoms with Gasteiger partial charge in [0.25, 0.3) is 0 Å². The average Bonchev–Trinajstić information content (AvgIpc) is 1.97. The van der Waals surface area contributed by atoms with E-state index in [0.29, 0.717) is 0 Å². The van der Waals surface area contributed by atoms with Crippen molar-refractivity contribution in [1.29, 1.82) is 0 Å². The predicted octanol–water partition coefficient (Wildman–Crippen LogP) is -2.39. The second-order valence-corrected chi connectivity index (χ2v) is 2.49. The lowest BCUT2D eigenvalue weighted by Gasteiger charge is -2.24. The van der Waals surface area contributed by atoms with E-state index in [1.54, 1.807) is 0 Å². The Morgan fingerprint density at radius 1 is 1.09 bits per heavy atom. The molecule has 62 valence electrons. The zero-order chi connectivity index (χ0) is 8.59. The average molecular weight is 160 g/mol. The molecule has 5 heteroatoms. The fraction of sp³-hybridized carbons (Fsp3) is 0.667. The van der Waals surface area contributed by atoms with Crippen LogP contribution in [-0.4, -0.2) is 45.2 Å². The topological polar surface area (TPSA) is 94.8 Å². The van der Waals surface area contributed by atoms with Crippen molar-refractivity contribution in [3.8, 4) is 0 Å². The highest BCUT2D eigenvalue weighted by atomic mass is 16.3. The lowest BCUT2D eigenvalue weighted by molar-refractivity contribution is -0.157. The molecule has 1 saturated carbocycles. The lowest BCUT2D eigenvalue weighted by atomic mass is 9.90. The maximum atomic E-state index is 10.6. The summed E-state index contributed by atoms with van der Waals surface area (Å²) in [4.78, 5) is 21.2. The molecular formula is C6H8O5. The van der Waals surface area contributed by atoms with Crippen molar-refractivity contribution in [2.45, 2.75) is 24.7 Å².